The number of hydrogen-bond donors (Lipinski definition) is 1. The molecule has 2 amide bonds. The molecule has 11 heteroatoms. The summed E-state index contributed by atoms with van der Waals surface area (Å²) in [5.41, 5.74) is 1.75. The van der Waals surface area contributed by atoms with E-state index in [0.717, 1.165) is 9.87 Å². The number of sulfonamides is 1. The summed E-state index contributed by atoms with van der Waals surface area (Å²) in [5, 5.41) is 2.95. The first-order valence-corrected chi connectivity index (χ1v) is 16.7. The second kappa shape index (κ2) is 16.5. The molecule has 0 spiro atoms. The Morgan fingerprint density at radius 3 is 2.06 bits per heavy atom. The Morgan fingerprint density at radius 2 is 1.43 bits per heavy atom. The van der Waals surface area contributed by atoms with Crippen molar-refractivity contribution in [3.05, 3.63) is 114 Å². The summed E-state index contributed by atoms with van der Waals surface area (Å²) < 4.78 is 45.7. The molecule has 248 valence electrons. The molecule has 0 fully saturated rings. The monoisotopic (exact) mass is 659 g/mol. The highest BCUT2D eigenvalue weighted by atomic mass is 32.2. The van der Waals surface area contributed by atoms with Crippen LogP contribution < -0.4 is 23.8 Å². The fraction of sp³-hybridized carbons (Fsp3) is 0.278. The van der Waals surface area contributed by atoms with Gasteiger partial charge in [0.25, 0.3) is 10.0 Å². The van der Waals surface area contributed by atoms with E-state index in [4.69, 9.17) is 14.2 Å². The fourth-order valence-corrected chi connectivity index (χ4v) is 6.54. The van der Waals surface area contributed by atoms with Gasteiger partial charge in [0.05, 0.1) is 31.9 Å². The Morgan fingerprint density at radius 1 is 0.766 bits per heavy atom. The molecule has 0 aliphatic rings. The third-order valence-electron chi connectivity index (χ3n) is 7.57. The molecule has 4 aromatic carbocycles. The number of hydrogen-bond acceptors (Lipinski definition) is 7. The summed E-state index contributed by atoms with van der Waals surface area (Å²) in [4.78, 5) is 29.9. The molecular weight excluding hydrogens is 618 g/mol. The predicted octanol–water partition coefficient (Wildman–Crippen LogP) is 5.07. The standard InChI is InChI=1S/C36H41N3O7S/c1-5-21-37-36(41)32(23-27-13-8-6-9-14-27)38(25-28-15-12-16-30(22-28)44-2)35(40)26-39(47(42,43)31-17-10-7-11-18-31)29-19-20-33(45-3)34(24-29)46-4/h6-20,22,24,32H,5,21,23,25-26H2,1-4H3,(H,37,41)/t32-/m1/s1. The number of benzene rings is 4. The van der Waals surface area contributed by atoms with Gasteiger partial charge in [-0.15, -0.1) is 0 Å². The molecule has 0 aromatic heterocycles. The van der Waals surface area contributed by atoms with Gasteiger partial charge in [-0.1, -0.05) is 67.6 Å². The lowest BCUT2D eigenvalue weighted by Crippen LogP contribution is -2.53. The molecule has 0 heterocycles. The Kier molecular flexibility index (Phi) is 12.2. The zero-order valence-electron chi connectivity index (χ0n) is 27.1. The van der Waals surface area contributed by atoms with Crippen molar-refractivity contribution in [2.75, 3.05) is 38.7 Å². The maximum Gasteiger partial charge on any atom is 0.264 e. The number of anilines is 1. The van der Waals surface area contributed by atoms with Crippen LogP contribution in [0.1, 0.15) is 24.5 Å². The van der Waals surface area contributed by atoms with E-state index >= 15 is 0 Å². The van der Waals surface area contributed by atoms with Crippen LogP contribution in [0.5, 0.6) is 17.2 Å². The van der Waals surface area contributed by atoms with Gasteiger partial charge >= 0.3 is 0 Å². The lowest BCUT2D eigenvalue weighted by Gasteiger charge is -2.34. The first-order chi connectivity index (χ1) is 22.7. The molecule has 0 saturated carbocycles. The second-order valence-electron chi connectivity index (χ2n) is 10.7. The van der Waals surface area contributed by atoms with Gasteiger partial charge in [0.2, 0.25) is 11.8 Å². The Labute approximate surface area is 276 Å². The van der Waals surface area contributed by atoms with Crippen LogP contribution in [-0.2, 0) is 32.6 Å². The van der Waals surface area contributed by atoms with Crippen molar-refractivity contribution >= 4 is 27.5 Å². The number of nitrogens with zero attached hydrogens (tertiary/aromatic N) is 2. The number of methoxy groups -OCH3 is 3. The summed E-state index contributed by atoms with van der Waals surface area (Å²) >= 11 is 0. The highest BCUT2D eigenvalue weighted by Gasteiger charge is 2.35. The number of ether oxygens (including phenoxy) is 3. The van der Waals surface area contributed by atoms with Crippen LogP contribution in [0, 0.1) is 0 Å². The van der Waals surface area contributed by atoms with Crippen molar-refractivity contribution < 1.29 is 32.2 Å². The number of carbonyl (C=O) groups excluding carboxylic acids is 2. The van der Waals surface area contributed by atoms with Gasteiger partial charge in [0.1, 0.15) is 18.3 Å². The largest absolute Gasteiger partial charge is 0.497 e. The van der Waals surface area contributed by atoms with E-state index in [0.29, 0.717) is 35.8 Å². The van der Waals surface area contributed by atoms with Crippen LogP contribution in [-0.4, -0.2) is 65.6 Å². The normalized spacial score (nSPS) is 11.7. The average Bonchev–Trinajstić information content (AvgIpc) is 3.11. The maximum atomic E-state index is 14.6. The van der Waals surface area contributed by atoms with Crippen LogP contribution in [0.15, 0.2) is 108 Å². The van der Waals surface area contributed by atoms with E-state index in [1.165, 1.54) is 37.3 Å². The molecule has 4 rings (SSSR count). The lowest BCUT2D eigenvalue weighted by molar-refractivity contribution is -0.140. The summed E-state index contributed by atoms with van der Waals surface area (Å²) in [5.74, 6) is 0.364. The third kappa shape index (κ3) is 8.82. The van der Waals surface area contributed by atoms with Crippen molar-refractivity contribution in [3.8, 4) is 17.2 Å². The molecule has 10 nitrogen and oxygen atoms in total. The third-order valence-corrected chi connectivity index (χ3v) is 9.36. The molecule has 0 saturated heterocycles. The van der Waals surface area contributed by atoms with Gasteiger partial charge in [-0.25, -0.2) is 8.42 Å². The van der Waals surface area contributed by atoms with Gasteiger partial charge < -0.3 is 24.4 Å². The Hall–Kier alpha value is -5.03. The van der Waals surface area contributed by atoms with Crippen molar-refractivity contribution in [1.29, 1.82) is 0 Å². The quantitative estimate of drug-likeness (QED) is 0.179. The summed E-state index contributed by atoms with van der Waals surface area (Å²) in [6.45, 7) is 1.80. The SMILES string of the molecule is CCCNC(=O)[C@@H](Cc1ccccc1)N(Cc1cccc(OC)c1)C(=O)CN(c1ccc(OC)c(OC)c1)S(=O)(=O)c1ccccc1. The minimum Gasteiger partial charge on any atom is -0.497 e. The fourth-order valence-electron chi connectivity index (χ4n) is 5.12. The first kappa shape index (κ1) is 34.8. The van der Waals surface area contributed by atoms with E-state index in [2.05, 4.69) is 5.32 Å². The van der Waals surface area contributed by atoms with Gasteiger partial charge in [-0.3, -0.25) is 13.9 Å². The van der Waals surface area contributed by atoms with Crippen LogP contribution >= 0.6 is 0 Å². The van der Waals surface area contributed by atoms with Crippen LogP contribution in [0.2, 0.25) is 0 Å². The zero-order chi connectivity index (χ0) is 33.8. The topological polar surface area (TPSA) is 114 Å². The van der Waals surface area contributed by atoms with E-state index in [9.17, 15) is 18.0 Å². The first-order valence-electron chi connectivity index (χ1n) is 15.3. The van der Waals surface area contributed by atoms with Crippen molar-refractivity contribution in [1.82, 2.24) is 10.2 Å². The summed E-state index contributed by atoms with van der Waals surface area (Å²) in [6.07, 6.45) is 0.921. The summed E-state index contributed by atoms with van der Waals surface area (Å²) in [7, 11) is 0.213. The van der Waals surface area contributed by atoms with Gasteiger partial charge in [-0.2, -0.15) is 0 Å². The van der Waals surface area contributed by atoms with Crippen LogP contribution in [0.25, 0.3) is 0 Å². The molecule has 0 unspecified atom stereocenters. The summed E-state index contributed by atoms with van der Waals surface area (Å²) in [6, 6.07) is 28.2. The highest BCUT2D eigenvalue weighted by Crippen LogP contribution is 2.34. The predicted molar refractivity (Wildman–Crippen MR) is 181 cm³/mol. The molecule has 0 radical (unpaired) electrons. The number of carbonyl (C=O) groups is 2. The Balaban J connectivity index is 1.83. The molecule has 0 aliphatic heterocycles. The number of amides is 2. The minimum absolute atomic E-state index is 0.00320. The van der Waals surface area contributed by atoms with E-state index < -0.39 is 28.5 Å². The van der Waals surface area contributed by atoms with E-state index in [1.54, 1.807) is 55.6 Å². The van der Waals surface area contributed by atoms with Gasteiger partial charge in [0, 0.05) is 25.6 Å². The van der Waals surface area contributed by atoms with Gasteiger partial charge in [-0.05, 0) is 53.9 Å². The van der Waals surface area contributed by atoms with Gasteiger partial charge in [0.15, 0.2) is 11.5 Å². The lowest BCUT2D eigenvalue weighted by atomic mass is 10.0. The molecule has 0 bridgehead atoms. The molecular formula is C36H41N3O7S. The molecule has 0 aliphatic carbocycles. The zero-order valence-corrected chi connectivity index (χ0v) is 27.9. The maximum absolute atomic E-state index is 14.6. The second-order valence-corrected chi connectivity index (χ2v) is 12.6. The van der Waals surface area contributed by atoms with Crippen molar-refractivity contribution in [2.24, 2.45) is 0 Å². The smallest absolute Gasteiger partial charge is 0.264 e. The number of nitrogens with one attached hydrogen (secondary N) is 1. The van der Waals surface area contributed by atoms with E-state index in [-0.39, 0.29) is 29.5 Å². The Bertz CT molecular complexity index is 1730. The molecule has 4 aromatic rings. The highest BCUT2D eigenvalue weighted by molar-refractivity contribution is 7.92. The average molecular weight is 660 g/mol. The van der Waals surface area contributed by atoms with Crippen LogP contribution in [0.4, 0.5) is 5.69 Å². The molecule has 47 heavy (non-hydrogen) atoms. The molecule has 1 N–H and O–H groups in total. The van der Waals surface area contributed by atoms with Crippen LogP contribution in [0.3, 0.4) is 0 Å². The van der Waals surface area contributed by atoms with Crippen molar-refractivity contribution in [2.45, 2.75) is 37.2 Å². The van der Waals surface area contributed by atoms with Crippen molar-refractivity contribution in [3.63, 3.8) is 0 Å². The molecule has 1 atom stereocenters. The minimum atomic E-state index is -4.26. The number of rotatable bonds is 16. The van der Waals surface area contributed by atoms with E-state index in [1.807, 2.05) is 43.3 Å².